The van der Waals surface area contributed by atoms with Gasteiger partial charge in [-0.1, -0.05) is 12.1 Å². The highest BCUT2D eigenvalue weighted by Gasteiger charge is 2.05. The number of rotatable bonds is 4. The summed E-state index contributed by atoms with van der Waals surface area (Å²) in [6.07, 6.45) is 0.354. The van der Waals surface area contributed by atoms with Gasteiger partial charge in [0.1, 0.15) is 12.0 Å². The zero-order valence-electron chi connectivity index (χ0n) is 8.57. The lowest BCUT2D eigenvalue weighted by Crippen LogP contribution is -2.35. The standard InChI is InChI=1S/C11H17NO2/c1-8(12-9(2)13)7-10-3-5-11(14)6-4-10/h3-6,8-9,12-14H,7H2,1-2H3. The van der Waals surface area contributed by atoms with Crippen LogP contribution in [0.2, 0.25) is 0 Å². The molecule has 2 atom stereocenters. The van der Waals surface area contributed by atoms with Crippen LogP contribution in [-0.2, 0) is 6.42 Å². The fourth-order valence-corrected chi connectivity index (χ4v) is 1.46. The van der Waals surface area contributed by atoms with Crippen LogP contribution in [0.3, 0.4) is 0 Å². The summed E-state index contributed by atoms with van der Waals surface area (Å²) in [7, 11) is 0. The smallest absolute Gasteiger partial charge is 0.115 e. The first-order chi connectivity index (χ1) is 6.58. The van der Waals surface area contributed by atoms with E-state index in [4.69, 9.17) is 10.2 Å². The fraction of sp³-hybridized carbons (Fsp3) is 0.455. The van der Waals surface area contributed by atoms with Gasteiger partial charge in [-0.15, -0.1) is 0 Å². The van der Waals surface area contributed by atoms with Gasteiger partial charge in [0.2, 0.25) is 0 Å². The van der Waals surface area contributed by atoms with Crippen molar-refractivity contribution in [3.05, 3.63) is 29.8 Å². The highest BCUT2D eigenvalue weighted by molar-refractivity contribution is 5.26. The summed E-state index contributed by atoms with van der Waals surface area (Å²) in [5.74, 6) is 0.282. The molecule has 0 bridgehead atoms. The predicted molar refractivity (Wildman–Crippen MR) is 56.1 cm³/mol. The van der Waals surface area contributed by atoms with Crippen molar-refractivity contribution >= 4 is 0 Å². The number of hydrogen-bond donors (Lipinski definition) is 3. The highest BCUT2D eigenvalue weighted by atomic mass is 16.3. The molecule has 0 spiro atoms. The lowest BCUT2D eigenvalue weighted by molar-refractivity contribution is 0.143. The van der Waals surface area contributed by atoms with E-state index in [2.05, 4.69) is 5.32 Å². The molecular formula is C11H17NO2. The Kier molecular flexibility index (Phi) is 3.92. The molecule has 78 valence electrons. The second-order valence-electron chi connectivity index (χ2n) is 3.61. The number of aromatic hydroxyl groups is 1. The van der Waals surface area contributed by atoms with E-state index < -0.39 is 6.23 Å². The van der Waals surface area contributed by atoms with Gasteiger partial charge in [-0.05, 0) is 38.0 Å². The molecule has 3 heteroatoms. The maximum atomic E-state index is 9.09. The van der Waals surface area contributed by atoms with Crippen molar-refractivity contribution in [2.75, 3.05) is 0 Å². The summed E-state index contributed by atoms with van der Waals surface area (Å²) in [6.45, 7) is 3.72. The average molecular weight is 195 g/mol. The minimum absolute atomic E-state index is 0.222. The Hall–Kier alpha value is -1.06. The number of aliphatic hydroxyl groups is 1. The lowest BCUT2D eigenvalue weighted by Gasteiger charge is -2.15. The molecule has 1 aromatic rings. The van der Waals surface area contributed by atoms with Crippen molar-refractivity contribution in [3.63, 3.8) is 0 Å². The highest BCUT2D eigenvalue weighted by Crippen LogP contribution is 2.11. The number of phenols is 1. The predicted octanol–water partition coefficient (Wildman–Crippen LogP) is 1.25. The van der Waals surface area contributed by atoms with Gasteiger partial charge in [-0.25, -0.2) is 0 Å². The Morgan fingerprint density at radius 2 is 1.79 bits per heavy atom. The van der Waals surface area contributed by atoms with E-state index in [-0.39, 0.29) is 11.8 Å². The van der Waals surface area contributed by atoms with Crippen LogP contribution >= 0.6 is 0 Å². The first-order valence-electron chi connectivity index (χ1n) is 4.80. The van der Waals surface area contributed by atoms with E-state index in [1.807, 2.05) is 19.1 Å². The number of nitrogens with one attached hydrogen (secondary N) is 1. The number of hydrogen-bond acceptors (Lipinski definition) is 3. The molecule has 0 aliphatic heterocycles. The number of aliphatic hydroxyl groups excluding tert-OH is 1. The van der Waals surface area contributed by atoms with E-state index in [0.29, 0.717) is 0 Å². The van der Waals surface area contributed by atoms with Crippen LogP contribution in [0.25, 0.3) is 0 Å². The van der Waals surface area contributed by atoms with E-state index in [0.717, 1.165) is 12.0 Å². The molecule has 0 saturated heterocycles. The molecule has 0 aliphatic rings. The first-order valence-corrected chi connectivity index (χ1v) is 4.80. The van der Waals surface area contributed by atoms with Crippen molar-refractivity contribution in [3.8, 4) is 5.75 Å². The zero-order valence-corrected chi connectivity index (χ0v) is 8.57. The SMILES string of the molecule is CC(O)NC(C)Cc1ccc(O)cc1. The van der Waals surface area contributed by atoms with E-state index in [1.54, 1.807) is 19.1 Å². The van der Waals surface area contributed by atoms with Crippen LogP contribution in [0.5, 0.6) is 5.75 Å². The minimum atomic E-state index is -0.484. The molecule has 0 aliphatic carbocycles. The third-order valence-electron chi connectivity index (χ3n) is 2.00. The largest absolute Gasteiger partial charge is 0.508 e. The van der Waals surface area contributed by atoms with Crippen molar-refractivity contribution in [1.29, 1.82) is 0 Å². The third kappa shape index (κ3) is 3.77. The normalized spacial score (nSPS) is 15.1. The summed E-state index contributed by atoms with van der Waals surface area (Å²) in [5.41, 5.74) is 1.14. The van der Waals surface area contributed by atoms with Crippen LogP contribution in [-0.4, -0.2) is 22.5 Å². The second kappa shape index (κ2) is 4.98. The second-order valence-corrected chi connectivity index (χ2v) is 3.61. The summed E-state index contributed by atoms with van der Waals surface area (Å²) in [6, 6.07) is 7.33. The molecule has 2 unspecified atom stereocenters. The molecule has 1 aromatic carbocycles. The Morgan fingerprint density at radius 1 is 1.21 bits per heavy atom. The average Bonchev–Trinajstić information content (AvgIpc) is 2.07. The van der Waals surface area contributed by atoms with Gasteiger partial charge < -0.3 is 10.2 Å². The van der Waals surface area contributed by atoms with Crippen molar-refractivity contribution < 1.29 is 10.2 Å². The third-order valence-corrected chi connectivity index (χ3v) is 2.00. The zero-order chi connectivity index (χ0) is 10.6. The molecule has 3 nitrogen and oxygen atoms in total. The Labute approximate surface area is 84.4 Å². The molecule has 0 amide bonds. The molecule has 3 N–H and O–H groups in total. The molecule has 0 saturated carbocycles. The van der Waals surface area contributed by atoms with E-state index >= 15 is 0 Å². The van der Waals surface area contributed by atoms with Gasteiger partial charge >= 0.3 is 0 Å². The molecule has 0 aromatic heterocycles. The summed E-state index contributed by atoms with van der Waals surface area (Å²) in [5, 5.41) is 21.2. The molecular weight excluding hydrogens is 178 g/mol. The quantitative estimate of drug-likeness (QED) is 0.634. The van der Waals surface area contributed by atoms with Crippen LogP contribution < -0.4 is 5.32 Å². The maximum Gasteiger partial charge on any atom is 0.115 e. The molecule has 0 radical (unpaired) electrons. The monoisotopic (exact) mass is 195 g/mol. The van der Waals surface area contributed by atoms with Crippen molar-refractivity contribution in [2.24, 2.45) is 0 Å². The maximum absolute atomic E-state index is 9.09. The Bertz CT molecular complexity index is 269. The number of benzene rings is 1. The summed E-state index contributed by atoms with van der Waals surface area (Å²) >= 11 is 0. The van der Waals surface area contributed by atoms with Gasteiger partial charge in [-0.3, -0.25) is 5.32 Å². The minimum Gasteiger partial charge on any atom is -0.508 e. The van der Waals surface area contributed by atoms with Crippen LogP contribution in [0.15, 0.2) is 24.3 Å². The Morgan fingerprint density at radius 3 is 2.29 bits per heavy atom. The fourth-order valence-electron chi connectivity index (χ4n) is 1.46. The van der Waals surface area contributed by atoms with Gasteiger partial charge in [0, 0.05) is 6.04 Å². The summed E-state index contributed by atoms with van der Waals surface area (Å²) in [4.78, 5) is 0. The van der Waals surface area contributed by atoms with Crippen molar-refractivity contribution in [1.82, 2.24) is 5.32 Å². The van der Waals surface area contributed by atoms with E-state index in [9.17, 15) is 0 Å². The van der Waals surface area contributed by atoms with Gasteiger partial charge in [-0.2, -0.15) is 0 Å². The topological polar surface area (TPSA) is 52.5 Å². The van der Waals surface area contributed by atoms with Crippen LogP contribution in [0.1, 0.15) is 19.4 Å². The molecule has 0 heterocycles. The van der Waals surface area contributed by atoms with Gasteiger partial charge in [0.25, 0.3) is 0 Å². The van der Waals surface area contributed by atoms with Gasteiger partial charge in [0.05, 0.1) is 0 Å². The lowest BCUT2D eigenvalue weighted by atomic mass is 10.1. The van der Waals surface area contributed by atoms with Crippen molar-refractivity contribution in [2.45, 2.75) is 32.5 Å². The summed E-state index contributed by atoms with van der Waals surface area (Å²) < 4.78 is 0. The van der Waals surface area contributed by atoms with Crippen LogP contribution in [0.4, 0.5) is 0 Å². The Balaban J connectivity index is 2.47. The molecule has 0 fully saturated rings. The van der Waals surface area contributed by atoms with Gasteiger partial charge in [0.15, 0.2) is 0 Å². The van der Waals surface area contributed by atoms with Crippen LogP contribution in [0, 0.1) is 0 Å². The number of phenolic OH excluding ortho intramolecular Hbond substituents is 1. The molecule has 14 heavy (non-hydrogen) atoms. The first kappa shape index (κ1) is 11.0. The van der Waals surface area contributed by atoms with E-state index in [1.165, 1.54) is 0 Å². The molecule has 1 rings (SSSR count).